The van der Waals surface area contributed by atoms with Gasteiger partial charge in [-0.2, -0.15) is 0 Å². The van der Waals surface area contributed by atoms with E-state index in [0.717, 1.165) is 117 Å². The fourth-order valence-corrected chi connectivity index (χ4v) is 12.9. The molecule has 0 bridgehead atoms. The summed E-state index contributed by atoms with van der Waals surface area (Å²) in [7, 11) is 0. The SMILES string of the molecule is c1ccc(-c2ccc3c(-n4c5ccc(-c6nc(-c7ccccc7)c(-c7ccccc7)n6-c6ccccc6)cc5c5cc(-c6nc(-c7ccccc7)c(-c7ccccc7)n6-c6ccccc6)ccc54)c4ccccc4c(-c4ccccc4)c3c2)cc1. The van der Waals surface area contributed by atoms with Crippen molar-refractivity contribution in [1.82, 2.24) is 23.7 Å². The highest BCUT2D eigenvalue weighted by molar-refractivity contribution is 6.22. The van der Waals surface area contributed by atoms with Crippen LogP contribution in [0.4, 0.5) is 0 Å². The summed E-state index contributed by atoms with van der Waals surface area (Å²) >= 11 is 0. The average molecular weight is 1080 g/mol. The molecule has 13 aromatic carbocycles. The maximum Gasteiger partial charge on any atom is 0.145 e. The number of para-hydroxylation sites is 2. The van der Waals surface area contributed by atoms with Crippen LogP contribution < -0.4 is 0 Å². The molecule has 0 spiro atoms. The van der Waals surface area contributed by atoms with Gasteiger partial charge < -0.3 is 4.57 Å². The second-order valence-corrected chi connectivity index (χ2v) is 21.6. The van der Waals surface area contributed by atoms with Gasteiger partial charge in [-0.15, -0.1) is 0 Å². The van der Waals surface area contributed by atoms with Gasteiger partial charge in [0.25, 0.3) is 0 Å². The minimum absolute atomic E-state index is 0.846. The Balaban J connectivity index is 1.03. The van der Waals surface area contributed by atoms with E-state index in [0.29, 0.717) is 0 Å². The number of aromatic nitrogens is 5. The molecule has 3 aromatic heterocycles. The summed E-state index contributed by atoms with van der Waals surface area (Å²) in [5, 5.41) is 6.87. The lowest BCUT2D eigenvalue weighted by atomic mass is 9.88. The fourth-order valence-electron chi connectivity index (χ4n) is 12.9. The Morgan fingerprint density at radius 3 is 1.00 bits per heavy atom. The first-order chi connectivity index (χ1) is 42.2. The predicted octanol–water partition coefficient (Wildman–Crippen LogP) is 20.8. The lowest BCUT2D eigenvalue weighted by Crippen LogP contribution is -2.01. The van der Waals surface area contributed by atoms with Crippen molar-refractivity contribution >= 4 is 43.4 Å². The second-order valence-electron chi connectivity index (χ2n) is 21.6. The maximum absolute atomic E-state index is 5.73. The first kappa shape index (κ1) is 49.4. The zero-order valence-electron chi connectivity index (χ0n) is 46.3. The van der Waals surface area contributed by atoms with Gasteiger partial charge in [0.2, 0.25) is 0 Å². The van der Waals surface area contributed by atoms with Crippen molar-refractivity contribution in [2.45, 2.75) is 0 Å². The van der Waals surface area contributed by atoms with E-state index >= 15 is 0 Å². The molecule has 0 amide bonds. The third-order valence-electron chi connectivity index (χ3n) is 16.6. The van der Waals surface area contributed by atoms with Gasteiger partial charge in [-0.25, -0.2) is 9.97 Å². The molecule has 0 atom stereocenters. The first-order valence-corrected chi connectivity index (χ1v) is 29.0. The number of fused-ring (bicyclic) bond motifs is 5. The smallest absolute Gasteiger partial charge is 0.145 e. The molecule has 0 aliphatic rings. The quantitative estimate of drug-likeness (QED) is 0.121. The molecular formula is C80H53N5. The van der Waals surface area contributed by atoms with E-state index in [2.05, 4.69) is 335 Å². The molecule has 85 heavy (non-hydrogen) atoms. The highest BCUT2D eigenvalue weighted by Crippen LogP contribution is 2.48. The Bertz CT molecular complexity index is 4890. The largest absolute Gasteiger partial charge is 0.308 e. The number of benzene rings is 13. The molecule has 16 aromatic rings. The highest BCUT2D eigenvalue weighted by atomic mass is 15.1. The van der Waals surface area contributed by atoms with E-state index in [4.69, 9.17) is 9.97 Å². The van der Waals surface area contributed by atoms with Crippen LogP contribution in [-0.2, 0) is 0 Å². The number of rotatable bonds is 11. The summed E-state index contributed by atoms with van der Waals surface area (Å²) in [6.07, 6.45) is 0. The minimum Gasteiger partial charge on any atom is -0.308 e. The Kier molecular flexibility index (Phi) is 12.1. The topological polar surface area (TPSA) is 40.6 Å². The van der Waals surface area contributed by atoms with Gasteiger partial charge in [-0.1, -0.05) is 255 Å². The molecule has 16 rings (SSSR count). The Labute approximate surface area is 492 Å². The molecule has 0 unspecified atom stereocenters. The summed E-state index contributed by atoms with van der Waals surface area (Å²) in [6, 6.07) is 116. The van der Waals surface area contributed by atoms with E-state index < -0.39 is 0 Å². The van der Waals surface area contributed by atoms with Gasteiger partial charge in [0.15, 0.2) is 0 Å². The Hall–Kier alpha value is -11.4. The standard InChI is InChI=1S/C80H53N5/c1-9-27-54(28-10-1)60-45-48-67-70(51-60)73(55-29-11-2-12-30-55)65-43-25-26-44-66(65)78(67)85-71-49-46-61(79-81-74(56-31-13-3-14-32-56)76(58-35-17-5-18-36-58)83(79)63-39-21-7-22-40-63)52-68(71)69-53-62(47-50-72(69)85)80-82-75(57-33-15-4-16-34-57)77(59-37-19-6-20-38-59)84(80)64-41-23-8-24-42-64/h1-53H. The molecule has 5 nitrogen and oxygen atoms in total. The van der Waals surface area contributed by atoms with E-state index in [-0.39, 0.29) is 0 Å². The van der Waals surface area contributed by atoms with Crippen LogP contribution >= 0.6 is 0 Å². The van der Waals surface area contributed by atoms with Crippen molar-refractivity contribution in [1.29, 1.82) is 0 Å². The molecule has 0 aliphatic carbocycles. The number of nitrogens with zero attached hydrogens (tertiary/aromatic N) is 5. The van der Waals surface area contributed by atoms with E-state index in [1.54, 1.807) is 0 Å². The van der Waals surface area contributed by atoms with Gasteiger partial charge in [0, 0.05) is 66.3 Å². The normalized spacial score (nSPS) is 11.5. The van der Waals surface area contributed by atoms with Gasteiger partial charge in [0.05, 0.1) is 39.5 Å². The first-order valence-electron chi connectivity index (χ1n) is 29.0. The summed E-state index contributed by atoms with van der Waals surface area (Å²) in [6.45, 7) is 0. The molecule has 0 saturated heterocycles. The number of hydrogen-bond donors (Lipinski definition) is 0. The minimum atomic E-state index is 0.846. The third kappa shape index (κ3) is 8.48. The summed E-state index contributed by atoms with van der Waals surface area (Å²) in [5.74, 6) is 1.69. The van der Waals surface area contributed by atoms with Crippen LogP contribution in [0.1, 0.15) is 0 Å². The summed E-state index contributed by atoms with van der Waals surface area (Å²) in [5.41, 5.74) is 20.2. The van der Waals surface area contributed by atoms with Crippen LogP contribution in [-0.4, -0.2) is 23.7 Å². The van der Waals surface area contributed by atoms with Crippen molar-refractivity contribution < 1.29 is 0 Å². The molecule has 0 saturated carbocycles. The second kappa shape index (κ2) is 20.9. The predicted molar refractivity (Wildman–Crippen MR) is 354 cm³/mol. The van der Waals surface area contributed by atoms with Crippen LogP contribution in [0.2, 0.25) is 0 Å². The Morgan fingerprint density at radius 2 is 0.553 bits per heavy atom. The van der Waals surface area contributed by atoms with Crippen molar-refractivity contribution in [3.05, 3.63) is 322 Å². The zero-order chi connectivity index (χ0) is 56.2. The lowest BCUT2D eigenvalue weighted by Gasteiger charge is -2.20. The molecule has 5 heteroatoms. The molecule has 0 aliphatic heterocycles. The van der Waals surface area contributed by atoms with Gasteiger partial charge in [-0.05, 0) is 99.8 Å². The van der Waals surface area contributed by atoms with Crippen LogP contribution in [0.25, 0.3) is 150 Å². The molecule has 3 heterocycles. The number of imidazole rings is 2. The zero-order valence-corrected chi connectivity index (χ0v) is 46.3. The number of hydrogen-bond acceptors (Lipinski definition) is 2. The van der Waals surface area contributed by atoms with Crippen molar-refractivity contribution in [2.24, 2.45) is 0 Å². The van der Waals surface area contributed by atoms with Crippen molar-refractivity contribution in [3.63, 3.8) is 0 Å². The van der Waals surface area contributed by atoms with Crippen molar-refractivity contribution in [3.8, 4) is 107 Å². The van der Waals surface area contributed by atoms with Crippen molar-refractivity contribution in [2.75, 3.05) is 0 Å². The lowest BCUT2D eigenvalue weighted by molar-refractivity contribution is 1.07. The van der Waals surface area contributed by atoms with E-state index in [1.165, 1.54) is 33.0 Å². The average Bonchev–Trinajstić information content (AvgIpc) is 2.17. The summed E-state index contributed by atoms with van der Waals surface area (Å²) in [4.78, 5) is 11.5. The summed E-state index contributed by atoms with van der Waals surface area (Å²) < 4.78 is 7.23. The van der Waals surface area contributed by atoms with Gasteiger partial charge in [-0.3, -0.25) is 9.13 Å². The fraction of sp³-hybridized carbons (Fsp3) is 0. The van der Waals surface area contributed by atoms with Crippen LogP contribution in [0, 0.1) is 0 Å². The monoisotopic (exact) mass is 1080 g/mol. The van der Waals surface area contributed by atoms with E-state index in [9.17, 15) is 0 Å². The molecule has 0 fully saturated rings. The van der Waals surface area contributed by atoms with Crippen LogP contribution in [0.15, 0.2) is 322 Å². The highest BCUT2D eigenvalue weighted by Gasteiger charge is 2.28. The van der Waals surface area contributed by atoms with Crippen LogP contribution in [0.5, 0.6) is 0 Å². The molecule has 0 radical (unpaired) electrons. The Morgan fingerprint density at radius 1 is 0.212 bits per heavy atom. The maximum atomic E-state index is 5.73. The van der Waals surface area contributed by atoms with Gasteiger partial charge >= 0.3 is 0 Å². The molecule has 398 valence electrons. The molecule has 0 N–H and O–H groups in total. The van der Waals surface area contributed by atoms with Crippen LogP contribution in [0.3, 0.4) is 0 Å². The molecular weight excluding hydrogens is 1030 g/mol. The van der Waals surface area contributed by atoms with Gasteiger partial charge in [0.1, 0.15) is 11.6 Å². The van der Waals surface area contributed by atoms with E-state index in [1.807, 2.05) is 0 Å². The third-order valence-corrected chi connectivity index (χ3v) is 16.6.